The molecule has 5 heteroatoms. The Balaban J connectivity index is 1.46. The lowest BCUT2D eigenvalue weighted by Gasteiger charge is -2.30. The minimum absolute atomic E-state index is 0.0337. The molecule has 0 radical (unpaired) electrons. The summed E-state index contributed by atoms with van der Waals surface area (Å²) in [6.45, 7) is 5.50. The van der Waals surface area contributed by atoms with E-state index in [4.69, 9.17) is 0 Å². The van der Waals surface area contributed by atoms with Crippen LogP contribution in [-0.4, -0.2) is 28.9 Å². The van der Waals surface area contributed by atoms with E-state index in [1.165, 1.54) is 29.7 Å². The number of thiazole rings is 1. The van der Waals surface area contributed by atoms with E-state index in [0.717, 1.165) is 37.7 Å². The summed E-state index contributed by atoms with van der Waals surface area (Å²) in [5, 5.41) is 5.71. The lowest BCUT2D eigenvalue weighted by atomic mass is 10.0. The Morgan fingerprint density at radius 2 is 2.21 bits per heavy atom. The molecule has 1 aromatic heterocycles. The number of hydrogen-bond donors (Lipinski definition) is 1. The van der Waals surface area contributed by atoms with Crippen molar-refractivity contribution in [2.45, 2.75) is 39.2 Å². The predicted molar refractivity (Wildman–Crippen MR) is 99.2 cm³/mol. The van der Waals surface area contributed by atoms with Crippen LogP contribution in [0, 0.1) is 5.92 Å². The summed E-state index contributed by atoms with van der Waals surface area (Å²) in [5.74, 6) is 0.806. The molecule has 1 aliphatic heterocycles. The Labute approximate surface area is 147 Å². The fraction of sp³-hybridized carbons (Fsp3) is 0.474. The van der Waals surface area contributed by atoms with Crippen LogP contribution >= 0.6 is 11.3 Å². The molecule has 128 valence electrons. The Morgan fingerprint density at radius 3 is 3.00 bits per heavy atom. The standard InChI is InChI=1S/C19H25N3OS/c1-15-6-5-11-22(12-15)13-17-14-24-19(20-17)21-18(23)10-9-16-7-3-2-4-8-16/h2-4,7-8,14-15H,5-6,9-13H2,1H3,(H,20,21,23)/t15-/m0/s1. The highest BCUT2D eigenvalue weighted by Gasteiger charge is 2.17. The van der Waals surface area contributed by atoms with E-state index in [2.05, 4.69) is 27.5 Å². The Kier molecular flexibility index (Phi) is 5.99. The number of hydrogen-bond acceptors (Lipinski definition) is 4. The van der Waals surface area contributed by atoms with Crippen LogP contribution < -0.4 is 5.32 Å². The third-order valence-electron chi connectivity index (χ3n) is 4.41. The van der Waals surface area contributed by atoms with Crippen LogP contribution in [0.4, 0.5) is 5.13 Å². The molecule has 1 N–H and O–H groups in total. The topological polar surface area (TPSA) is 45.2 Å². The minimum Gasteiger partial charge on any atom is -0.302 e. The summed E-state index contributed by atoms with van der Waals surface area (Å²) in [6.07, 6.45) is 3.85. The van der Waals surface area contributed by atoms with Crippen LogP contribution in [0.15, 0.2) is 35.7 Å². The summed E-state index contributed by atoms with van der Waals surface area (Å²) in [7, 11) is 0. The number of carbonyl (C=O) groups is 1. The van der Waals surface area contributed by atoms with E-state index < -0.39 is 0 Å². The number of benzene rings is 1. The maximum atomic E-state index is 12.1. The summed E-state index contributed by atoms with van der Waals surface area (Å²) in [4.78, 5) is 19.1. The molecule has 0 unspecified atom stereocenters. The van der Waals surface area contributed by atoms with Crippen molar-refractivity contribution >= 4 is 22.4 Å². The van der Waals surface area contributed by atoms with Gasteiger partial charge in [-0.2, -0.15) is 0 Å². The van der Waals surface area contributed by atoms with Crippen LogP contribution in [0.5, 0.6) is 0 Å². The third-order valence-corrected chi connectivity index (χ3v) is 5.21. The number of likely N-dealkylation sites (tertiary alicyclic amines) is 1. The fourth-order valence-corrected chi connectivity index (χ4v) is 3.90. The van der Waals surface area contributed by atoms with Crippen molar-refractivity contribution in [1.82, 2.24) is 9.88 Å². The minimum atomic E-state index is 0.0337. The molecule has 1 atom stereocenters. The first kappa shape index (κ1) is 17.1. The molecular weight excluding hydrogens is 318 g/mol. The Hall–Kier alpha value is -1.72. The van der Waals surface area contributed by atoms with Gasteiger partial charge in [0.1, 0.15) is 0 Å². The molecule has 3 rings (SSSR count). The average molecular weight is 343 g/mol. The second kappa shape index (κ2) is 8.40. The SMILES string of the molecule is C[C@H]1CCCN(Cc2csc(NC(=O)CCc3ccccc3)n2)C1. The average Bonchev–Trinajstić information content (AvgIpc) is 3.01. The van der Waals surface area contributed by atoms with Crippen molar-refractivity contribution in [2.24, 2.45) is 5.92 Å². The monoisotopic (exact) mass is 343 g/mol. The number of nitrogens with one attached hydrogen (secondary N) is 1. The van der Waals surface area contributed by atoms with Crippen molar-refractivity contribution in [3.8, 4) is 0 Å². The number of nitrogens with zero attached hydrogens (tertiary/aromatic N) is 2. The van der Waals surface area contributed by atoms with Gasteiger partial charge in [-0.15, -0.1) is 11.3 Å². The largest absolute Gasteiger partial charge is 0.302 e. The van der Waals surface area contributed by atoms with Crippen LogP contribution in [0.25, 0.3) is 0 Å². The van der Waals surface area contributed by atoms with Crippen molar-refractivity contribution in [1.29, 1.82) is 0 Å². The van der Waals surface area contributed by atoms with E-state index in [-0.39, 0.29) is 5.91 Å². The first-order valence-corrected chi connectivity index (χ1v) is 9.57. The molecule has 0 aliphatic carbocycles. The molecule has 1 aromatic carbocycles. The van der Waals surface area contributed by atoms with Gasteiger partial charge in [-0.3, -0.25) is 9.69 Å². The summed E-state index contributed by atoms with van der Waals surface area (Å²) < 4.78 is 0. The summed E-state index contributed by atoms with van der Waals surface area (Å²) in [6, 6.07) is 10.1. The maximum absolute atomic E-state index is 12.1. The molecule has 0 spiro atoms. The first-order valence-electron chi connectivity index (χ1n) is 8.69. The van der Waals surface area contributed by atoms with E-state index in [1.54, 1.807) is 0 Å². The molecule has 1 aliphatic rings. The zero-order valence-corrected chi connectivity index (χ0v) is 15.0. The van der Waals surface area contributed by atoms with Gasteiger partial charge in [0.15, 0.2) is 5.13 Å². The first-order chi connectivity index (χ1) is 11.7. The lowest BCUT2D eigenvalue weighted by molar-refractivity contribution is -0.116. The van der Waals surface area contributed by atoms with Gasteiger partial charge >= 0.3 is 0 Å². The third kappa shape index (κ3) is 5.14. The molecule has 4 nitrogen and oxygen atoms in total. The molecule has 1 saturated heterocycles. The van der Waals surface area contributed by atoms with Gasteiger partial charge in [0, 0.05) is 24.9 Å². The number of aromatic nitrogens is 1. The quantitative estimate of drug-likeness (QED) is 0.864. The zero-order valence-electron chi connectivity index (χ0n) is 14.2. The fourth-order valence-electron chi connectivity index (χ4n) is 3.18. The van der Waals surface area contributed by atoms with E-state index in [0.29, 0.717) is 11.6 Å². The Morgan fingerprint density at radius 1 is 1.38 bits per heavy atom. The number of piperidine rings is 1. The molecule has 2 aromatic rings. The van der Waals surface area contributed by atoms with Crippen molar-refractivity contribution < 1.29 is 4.79 Å². The summed E-state index contributed by atoms with van der Waals surface area (Å²) in [5.41, 5.74) is 2.25. The maximum Gasteiger partial charge on any atom is 0.226 e. The zero-order chi connectivity index (χ0) is 16.8. The Bertz CT molecular complexity index is 656. The number of amides is 1. The van der Waals surface area contributed by atoms with Gasteiger partial charge in [-0.05, 0) is 37.3 Å². The molecule has 1 amide bonds. The van der Waals surface area contributed by atoms with Gasteiger partial charge in [0.2, 0.25) is 5.91 Å². The van der Waals surface area contributed by atoms with E-state index in [1.807, 2.05) is 30.3 Å². The smallest absolute Gasteiger partial charge is 0.226 e. The number of carbonyl (C=O) groups excluding carboxylic acids is 1. The van der Waals surface area contributed by atoms with Crippen molar-refractivity contribution in [2.75, 3.05) is 18.4 Å². The predicted octanol–water partition coefficient (Wildman–Crippen LogP) is 3.95. The summed E-state index contributed by atoms with van der Waals surface area (Å²) >= 11 is 1.52. The molecule has 24 heavy (non-hydrogen) atoms. The van der Waals surface area contributed by atoms with Crippen molar-refractivity contribution in [3.63, 3.8) is 0 Å². The molecule has 0 saturated carbocycles. The second-order valence-electron chi connectivity index (χ2n) is 6.66. The van der Waals surface area contributed by atoms with Crippen LogP contribution in [0.2, 0.25) is 0 Å². The van der Waals surface area contributed by atoms with Gasteiger partial charge in [0.25, 0.3) is 0 Å². The van der Waals surface area contributed by atoms with Gasteiger partial charge in [0.05, 0.1) is 5.69 Å². The molecule has 1 fully saturated rings. The van der Waals surface area contributed by atoms with Gasteiger partial charge < -0.3 is 5.32 Å². The van der Waals surface area contributed by atoms with Crippen LogP contribution in [0.3, 0.4) is 0 Å². The highest BCUT2D eigenvalue weighted by Crippen LogP contribution is 2.21. The highest BCUT2D eigenvalue weighted by molar-refractivity contribution is 7.13. The van der Waals surface area contributed by atoms with Crippen LogP contribution in [-0.2, 0) is 17.8 Å². The van der Waals surface area contributed by atoms with Crippen LogP contribution in [0.1, 0.15) is 37.4 Å². The number of anilines is 1. The highest BCUT2D eigenvalue weighted by atomic mass is 32.1. The number of rotatable bonds is 6. The van der Waals surface area contributed by atoms with E-state index >= 15 is 0 Å². The lowest BCUT2D eigenvalue weighted by Crippen LogP contribution is -2.33. The molecule has 2 heterocycles. The van der Waals surface area contributed by atoms with Crippen molar-refractivity contribution in [3.05, 3.63) is 47.0 Å². The molecule has 0 bridgehead atoms. The normalized spacial score (nSPS) is 18.5. The van der Waals surface area contributed by atoms with E-state index in [9.17, 15) is 4.79 Å². The molecular formula is C19H25N3OS. The number of aryl methyl sites for hydroxylation is 1. The second-order valence-corrected chi connectivity index (χ2v) is 7.52. The van der Waals surface area contributed by atoms with Gasteiger partial charge in [-0.25, -0.2) is 4.98 Å². The van der Waals surface area contributed by atoms with Gasteiger partial charge in [-0.1, -0.05) is 37.3 Å².